The number of ether oxygens (including phenoxy) is 1. The summed E-state index contributed by atoms with van der Waals surface area (Å²) in [5, 5.41) is 17.5. The number of para-hydroxylation sites is 1. The van der Waals surface area contributed by atoms with E-state index < -0.39 is 12.2 Å². The van der Waals surface area contributed by atoms with Gasteiger partial charge in [0, 0.05) is 78.1 Å². The summed E-state index contributed by atoms with van der Waals surface area (Å²) in [5.74, 6) is 0.0269. The number of phenols is 1. The maximum Gasteiger partial charge on any atom is 0.410 e. The Morgan fingerprint density at radius 2 is 1.63 bits per heavy atom. The zero-order valence-electron chi connectivity index (χ0n) is 25.7. The number of nitrogens with zero attached hydrogens (tertiary/aromatic N) is 5. The first-order chi connectivity index (χ1) is 20.6. The van der Waals surface area contributed by atoms with Gasteiger partial charge in [-0.25, -0.2) is 19.6 Å². The molecular formula is C32H44N6O5. The summed E-state index contributed by atoms with van der Waals surface area (Å²) in [6, 6.07) is 11.5. The van der Waals surface area contributed by atoms with E-state index in [0.717, 1.165) is 34.4 Å². The van der Waals surface area contributed by atoms with E-state index in [1.54, 1.807) is 9.80 Å². The maximum absolute atomic E-state index is 13.8. The number of hydrogen-bond acceptors (Lipinski definition) is 7. The summed E-state index contributed by atoms with van der Waals surface area (Å²) >= 11 is 0. The van der Waals surface area contributed by atoms with Crippen molar-refractivity contribution in [2.45, 2.75) is 51.7 Å². The van der Waals surface area contributed by atoms with E-state index in [1.165, 1.54) is 0 Å². The van der Waals surface area contributed by atoms with Crippen LogP contribution in [-0.4, -0.2) is 120 Å². The molecule has 3 aliphatic rings. The first-order valence-electron chi connectivity index (χ1n) is 15.2. The first-order valence-corrected chi connectivity index (χ1v) is 15.2. The number of piperidine rings is 1. The Kier molecular flexibility index (Phi) is 9.41. The van der Waals surface area contributed by atoms with E-state index in [4.69, 9.17) is 4.74 Å². The third-order valence-corrected chi connectivity index (χ3v) is 8.93. The number of hydrogen-bond donors (Lipinski definition) is 2. The summed E-state index contributed by atoms with van der Waals surface area (Å²) in [6.45, 7) is 7.67. The van der Waals surface area contributed by atoms with Crippen LogP contribution in [0, 0.1) is 13.8 Å². The molecule has 11 nitrogen and oxygen atoms in total. The maximum atomic E-state index is 13.8. The van der Waals surface area contributed by atoms with Crippen LogP contribution < -0.4 is 5.32 Å². The van der Waals surface area contributed by atoms with Crippen molar-refractivity contribution in [2.75, 3.05) is 65.2 Å². The number of urea groups is 1. The second-order valence-corrected chi connectivity index (χ2v) is 12.0. The quantitative estimate of drug-likeness (QED) is 0.530. The normalized spacial score (nSPS) is 19.1. The molecule has 0 radical (unpaired) electrons. The lowest BCUT2D eigenvalue weighted by Crippen LogP contribution is -2.56. The molecule has 232 valence electrons. The summed E-state index contributed by atoms with van der Waals surface area (Å²) in [6.07, 6.45) is 0.796. The van der Waals surface area contributed by atoms with E-state index in [1.807, 2.05) is 74.2 Å². The molecule has 2 fully saturated rings. The smallest absolute Gasteiger partial charge is 0.410 e. The number of phenolic OH excluding ortho intramolecular Hbond substituents is 1. The fourth-order valence-corrected chi connectivity index (χ4v) is 6.37. The highest BCUT2D eigenvalue weighted by Crippen LogP contribution is 2.27. The monoisotopic (exact) mass is 592 g/mol. The predicted octanol–water partition coefficient (Wildman–Crippen LogP) is 3.23. The van der Waals surface area contributed by atoms with Crippen LogP contribution in [0.15, 0.2) is 36.4 Å². The molecule has 0 unspecified atom stereocenters. The molecule has 0 aromatic heterocycles. The third kappa shape index (κ3) is 7.05. The van der Waals surface area contributed by atoms with Gasteiger partial charge in [0.05, 0.1) is 0 Å². The third-order valence-electron chi connectivity index (χ3n) is 8.93. The van der Waals surface area contributed by atoms with Crippen molar-refractivity contribution < 1.29 is 24.2 Å². The van der Waals surface area contributed by atoms with E-state index in [-0.39, 0.29) is 30.2 Å². The fraction of sp³-hybridized carbons (Fsp3) is 0.531. The Morgan fingerprint density at radius 1 is 0.977 bits per heavy atom. The number of amides is 4. The van der Waals surface area contributed by atoms with Crippen molar-refractivity contribution >= 4 is 23.7 Å². The number of aromatic hydroxyl groups is 1. The van der Waals surface area contributed by atoms with Gasteiger partial charge in [0.25, 0.3) is 5.91 Å². The van der Waals surface area contributed by atoms with Crippen LogP contribution in [0.1, 0.15) is 35.1 Å². The van der Waals surface area contributed by atoms with Crippen LogP contribution in [0.5, 0.6) is 5.75 Å². The molecule has 0 aliphatic carbocycles. The second-order valence-electron chi connectivity index (χ2n) is 12.0. The Bertz CT molecular complexity index is 1310. The number of anilines is 1. The van der Waals surface area contributed by atoms with Crippen molar-refractivity contribution in [1.29, 1.82) is 0 Å². The second kappa shape index (κ2) is 13.2. The van der Waals surface area contributed by atoms with Crippen LogP contribution in [-0.2, 0) is 22.4 Å². The molecule has 2 aromatic rings. The lowest BCUT2D eigenvalue weighted by molar-refractivity contribution is -0.145. The number of carbonyl (C=O) groups is 3. The van der Waals surface area contributed by atoms with E-state index >= 15 is 0 Å². The highest BCUT2D eigenvalue weighted by molar-refractivity contribution is 5.91. The van der Waals surface area contributed by atoms with Gasteiger partial charge in [-0.05, 0) is 61.4 Å². The number of fused-ring (bicyclic) bond motifs is 1. The SMILES string of the molecule is Cc1cc(C[C@@H](OC(=O)N2CCC(N3CCc4ccccc4NC3=O)CC2)C(=O)N2CCN(N(C)C)CC2)cc(C)c1O. The van der Waals surface area contributed by atoms with Crippen LogP contribution >= 0.6 is 0 Å². The van der Waals surface area contributed by atoms with Crippen molar-refractivity contribution in [3.8, 4) is 5.75 Å². The van der Waals surface area contributed by atoms with Crippen LogP contribution in [0.25, 0.3) is 0 Å². The van der Waals surface area contributed by atoms with E-state index in [0.29, 0.717) is 58.7 Å². The summed E-state index contributed by atoms with van der Waals surface area (Å²) in [5.41, 5.74) is 4.24. The van der Waals surface area contributed by atoms with Crippen molar-refractivity contribution in [3.63, 3.8) is 0 Å². The lowest BCUT2D eigenvalue weighted by Gasteiger charge is -2.39. The number of aryl methyl sites for hydroxylation is 2. The zero-order chi connectivity index (χ0) is 30.7. The van der Waals surface area contributed by atoms with Gasteiger partial charge in [0.15, 0.2) is 6.10 Å². The minimum Gasteiger partial charge on any atom is -0.507 e. The summed E-state index contributed by atoms with van der Waals surface area (Å²) in [7, 11) is 3.97. The molecule has 5 rings (SSSR count). The van der Waals surface area contributed by atoms with Gasteiger partial charge in [-0.2, -0.15) is 0 Å². The molecule has 0 spiro atoms. The van der Waals surface area contributed by atoms with Gasteiger partial charge < -0.3 is 29.9 Å². The lowest BCUT2D eigenvalue weighted by atomic mass is 10.0. The van der Waals surface area contributed by atoms with Gasteiger partial charge in [-0.15, -0.1) is 0 Å². The molecule has 1 atom stereocenters. The Labute approximate surface area is 253 Å². The highest BCUT2D eigenvalue weighted by Gasteiger charge is 2.35. The number of likely N-dealkylation sites (tertiary alicyclic amines) is 1. The number of nitrogens with one attached hydrogen (secondary N) is 1. The van der Waals surface area contributed by atoms with Crippen LogP contribution in [0.4, 0.5) is 15.3 Å². The van der Waals surface area contributed by atoms with Gasteiger partial charge >= 0.3 is 12.1 Å². The van der Waals surface area contributed by atoms with Crippen molar-refractivity contribution in [2.24, 2.45) is 0 Å². The summed E-state index contributed by atoms with van der Waals surface area (Å²) in [4.78, 5) is 45.5. The van der Waals surface area contributed by atoms with Crippen LogP contribution in [0.2, 0.25) is 0 Å². The standard InChI is InChI=1S/C32H44N6O5/c1-22-19-24(20-23(2)29(22)39)21-28(30(40)35-15-17-37(18-16-35)34(3)4)43-32(42)36-12-10-26(11-13-36)38-14-9-25-7-5-6-8-27(25)33-31(38)41/h5-8,19-20,26,28,39H,9-18,21H2,1-4H3,(H,33,41)/t28-/m1/s1. The molecule has 3 aliphatic heterocycles. The Morgan fingerprint density at radius 3 is 2.28 bits per heavy atom. The molecule has 4 amide bonds. The van der Waals surface area contributed by atoms with E-state index in [9.17, 15) is 19.5 Å². The molecule has 2 N–H and O–H groups in total. The predicted molar refractivity (Wildman–Crippen MR) is 164 cm³/mol. The average Bonchev–Trinajstić information content (AvgIpc) is 3.17. The van der Waals surface area contributed by atoms with E-state index in [2.05, 4.69) is 10.3 Å². The number of rotatable bonds is 6. The molecule has 2 saturated heterocycles. The number of piperazine rings is 1. The number of hydrazine groups is 1. The molecule has 2 aromatic carbocycles. The molecule has 0 saturated carbocycles. The van der Waals surface area contributed by atoms with Crippen molar-refractivity contribution in [3.05, 3.63) is 58.7 Å². The Balaban J connectivity index is 1.23. The first kappa shape index (κ1) is 30.6. The number of carbonyl (C=O) groups excluding carboxylic acids is 3. The zero-order valence-corrected chi connectivity index (χ0v) is 25.7. The molecule has 11 heteroatoms. The minimum absolute atomic E-state index is 0.0201. The molecule has 43 heavy (non-hydrogen) atoms. The minimum atomic E-state index is -0.977. The average molecular weight is 593 g/mol. The van der Waals surface area contributed by atoms with Crippen LogP contribution in [0.3, 0.4) is 0 Å². The Hall–Kier alpha value is -3.83. The topological polar surface area (TPSA) is 109 Å². The highest BCUT2D eigenvalue weighted by atomic mass is 16.6. The molecule has 0 bridgehead atoms. The van der Waals surface area contributed by atoms with Gasteiger partial charge in [0.1, 0.15) is 5.75 Å². The van der Waals surface area contributed by atoms with Crippen molar-refractivity contribution in [1.82, 2.24) is 24.7 Å². The number of benzene rings is 2. The summed E-state index contributed by atoms with van der Waals surface area (Å²) < 4.78 is 5.97. The van der Waals surface area contributed by atoms with Gasteiger partial charge in [0.2, 0.25) is 0 Å². The largest absolute Gasteiger partial charge is 0.507 e. The molecular weight excluding hydrogens is 548 g/mol. The van der Waals surface area contributed by atoms with Gasteiger partial charge in [-0.1, -0.05) is 30.3 Å². The fourth-order valence-electron chi connectivity index (χ4n) is 6.37. The molecule has 3 heterocycles. The van der Waals surface area contributed by atoms with Gasteiger partial charge in [-0.3, -0.25) is 4.79 Å².